The van der Waals surface area contributed by atoms with E-state index in [-0.39, 0.29) is 4.83 Å². The monoisotopic (exact) mass is 398 g/mol. The van der Waals surface area contributed by atoms with Gasteiger partial charge in [0.05, 0.1) is 14.2 Å². The number of benzene rings is 2. The summed E-state index contributed by atoms with van der Waals surface area (Å²) < 4.78 is 11.7. The zero-order valence-corrected chi connectivity index (χ0v) is 14.6. The van der Waals surface area contributed by atoms with E-state index >= 15 is 0 Å². The first kappa shape index (κ1) is 15.4. The summed E-state index contributed by atoms with van der Waals surface area (Å²) in [6, 6.07) is 14.1. The molecule has 0 radical (unpaired) electrons. The molecule has 0 aliphatic carbocycles. The fourth-order valence-electron chi connectivity index (χ4n) is 2.07. The molecular weight excluding hydrogens is 384 g/mol. The van der Waals surface area contributed by atoms with Crippen LogP contribution in [0, 0.1) is 0 Å². The molecule has 2 rings (SSSR count). The molecule has 0 aromatic heterocycles. The van der Waals surface area contributed by atoms with Crippen molar-refractivity contribution in [3.8, 4) is 11.5 Å². The predicted molar refractivity (Wildman–Crippen MR) is 89.1 cm³/mol. The minimum absolute atomic E-state index is 0.182. The van der Waals surface area contributed by atoms with Crippen molar-refractivity contribution in [1.82, 2.24) is 0 Å². The maximum atomic E-state index is 5.43. The molecule has 0 spiro atoms. The van der Waals surface area contributed by atoms with Crippen molar-refractivity contribution in [2.24, 2.45) is 0 Å². The topological polar surface area (TPSA) is 18.5 Å². The van der Waals surface area contributed by atoms with Gasteiger partial charge in [-0.15, -0.1) is 0 Å². The highest BCUT2D eigenvalue weighted by Crippen LogP contribution is 2.36. The summed E-state index contributed by atoms with van der Waals surface area (Å²) in [5, 5.41) is 0. The molecule has 0 fully saturated rings. The fourth-order valence-corrected chi connectivity index (χ4v) is 3.18. The van der Waals surface area contributed by atoms with Crippen molar-refractivity contribution in [2.75, 3.05) is 14.2 Å². The highest BCUT2D eigenvalue weighted by atomic mass is 79.9. The van der Waals surface area contributed by atoms with Crippen LogP contribution >= 0.6 is 31.9 Å². The number of hydrogen-bond donors (Lipinski definition) is 0. The number of alkyl halides is 1. The number of hydrogen-bond acceptors (Lipinski definition) is 2. The lowest BCUT2D eigenvalue weighted by molar-refractivity contribution is 0.409. The molecule has 2 aromatic rings. The first-order valence-corrected chi connectivity index (χ1v) is 7.95. The van der Waals surface area contributed by atoms with E-state index < -0.39 is 0 Å². The van der Waals surface area contributed by atoms with Gasteiger partial charge in [0.2, 0.25) is 0 Å². The molecule has 2 aromatic carbocycles. The van der Waals surface area contributed by atoms with Gasteiger partial charge >= 0.3 is 0 Å². The quantitative estimate of drug-likeness (QED) is 0.647. The highest BCUT2D eigenvalue weighted by molar-refractivity contribution is 9.10. The van der Waals surface area contributed by atoms with E-state index in [2.05, 4.69) is 50.1 Å². The maximum Gasteiger partial charge on any atom is 0.123 e. The number of rotatable bonds is 5. The van der Waals surface area contributed by atoms with Gasteiger partial charge in [-0.25, -0.2) is 0 Å². The summed E-state index contributed by atoms with van der Waals surface area (Å²) >= 11 is 7.26. The van der Waals surface area contributed by atoms with Crippen LogP contribution < -0.4 is 9.47 Å². The van der Waals surface area contributed by atoms with Gasteiger partial charge in [0.15, 0.2) is 0 Å². The van der Waals surface area contributed by atoms with Crippen LogP contribution in [0.4, 0.5) is 0 Å². The lowest BCUT2D eigenvalue weighted by Crippen LogP contribution is -1.99. The molecule has 1 atom stereocenters. The smallest absolute Gasteiger partial charge is 0.123 e. The first-order valence-electron chi connectivity index (χ1n) is 6.24. The SMILES string of the molecule is COc1cccc(CC(Br)c2cc(Br)ccc2OC)c1. The van der Waals surface area contributed by atoms with Gasteiger partial charge in [-0.1, -0.05) is 44.0 Å². The third kappa shape index (κ3) is 3.76. The van der Waals surface area contributed by atoms with Crippen molar-refractivity contribution in [3.05, 3.63) is 58.1 Å². The molecule has 0 bridgehead atoms. The first-order chi connectivity index (χ1) is 9.63. The van der Waals surface area contributed by atoms with Gasteiger partial charge in [-0.3, -0.25) is 0 Å². The van der Waals surface area contributed by atoms with Crippen LogP contribution in [0.3, 0.4) is 0 Å². The van der Waals surface area contributed by atoms with E-state index in [1.807, 2.05) is 24.3 Å². The zero-order chi connectivity index (χ0) is 14.5. The minimum Gasteiger partial charge on any atom is -0.497 e. The summed E-state index contributed by atoms with van der Waals surface area (Å²) in [6.07, 6.45) is 0.865. The summed E-state index contributed by atoms with van der Waals surface area (Å²) in [5.74, 6) is 1.77. The maximum absolute atomic E-state index is 5.43. The molecule has 0 aliphatic heterocycles. The molecule has 1 unspecified atom stereocenters. The molecule has 2 nitrogen and oxygen atoms in total. The summed E-state index contributed by atoms with van der Waals surface area (Å²) in [6.45, 7) is 0. The second kappa shape index (κ2) is 7.14. The third-order valence-corrected chi connectivity index (χ3v) is 4.39. The Morgan fingerprint density at radius 3 is 2.55 bits per heavy atom. The molecule has 0 N–H and O–H groups in total. The molecule has 0 saturated carbocycles. The van der Waals surface area contributed by atoms with E-state index in [0.717, 1.165) is 28.0 Å². The summed E-state index contributed by atoms with van der Waals surface area (Å²) in [4.78, 5) is 0.182. The van der Waals surface area contributed by atoms with Crippen LogP contribution in [0.1, 0.15) is 16.0 Å². The Labute approximate surface area is 136 Å². The van der Waals surface area contributed by atoms with Gasteiger partial charge in [-0.05, 0) is 42.3 Å². The number of methoxy groups -OCH3 is 2. The zero-order valence-electron chi connectivity index (χ0n) is 11.4. The van der Waals surface area contributed by atoms with Crippen LogP contribution in [-0.4, -0.2) is 14.2 Å². The second-order valence-corrected chi connectivity index (χ2v) is 6.43. The van der Waals surface area contributed by atoms with Crippen molar-refractivity contribution in [3.63, 3.8) is 0 Å². The molecule has 106 valence electrons. The van der Waals surface area contributed by atoms with Crippen LogP contribution in [-0.2, 0) is 6.42 Å². The molecule has 0 heterocycles. The third-order valence-electron chi connectivity index (χ3n) is 3.08. The van der Waals surface area contributed by atoms with Crippen molar-refractivity contribution in [2.45, 2.75) is 11.2 Å². The van der Waals surface area contributed by atoms with Crippen LogP contribution in [0.15, 0.2) is 46.9 Å². The lowest BCUT2D eigenvalue weighted by Gasteiger charge is -2.15. The Morgan fingerprint density at radius 2 is 1.85 bits per heavy atom. The highest BCUT2D eigenvalue weighted by Gasteiger charge is 2.14. The fraction of sp³-hybridized carbons (Fsp3) is 0.250. The van der Waals surface area contributed by atoms with Gasteiger partial charge < -0.3 is 9.47 Å². The van der Waals surface area contributed by atoms with Gasteiger partial charge in [-0.2, -0.15) is 0 Å². The van der Waals surface area contributed by atoms with Crippen LogP contribution in [0.25, 0.3) is 0 Å². The summed E-state index contributed by atoms with van der Waals surface area (Å²) in [7, 11) is 3.38. The van der Waals surface area contributed by atoms with Crippen molar-refractivity contribution in [1.29, 1.82) is 0 Å². The van der Waals surface area contributed by atoms with E-state index in [4.69, 9.17) is 9.47 Å². The van der Waals surface area contributed by atoms with Crippen LogP contribution in [0.5, 0.6) is 11.5 Å². The van der Waals surface area contributed by atoms with Crippen molar-refractivity contribution < 1.29 is 9.47 Å². The Kier molecular flexibility index (Phi) is 5.49. The van der Waals surface area contributed by atoms with E-state index in [1.54, 1.807) is 14.2 Å². The molecule has 0 saturated heterocycles. The number of ether oxygens (including phenoxy) is 2. The second-order valence-electron chi connectivity index (χ2n) is 4.41. The molecule has 4 heteroatoms. The normalized spacial score (nSPS) is 12.0. The standard InChI is InChI=1S/C16H16Br2O2/c1-19-13-5-3-4-11(8-13)9-15(18)14-10-12(17)6-7-16(14)20-2/h3-8,10,15H,9H2,1-2H3. The molecular formula is C16H16Br2O2. The van der Waals surface area contributed by atoms with Crippen molar-refractivity contribution >= 4 is 31.9 Å². The van der Waals surface area contributed by atoms with E-state index in [9.17, 15) is 0 Å². The van der Waals surface area contributed by atoms with Gasteiger partial charge in [0.1, 0.15) is 11.5 Å². The van der Waals surface area contributed by atoms with Gasteiger partial charge in [0, 0.05) is 14.9 Å². The Bertz CT molecular complexity index is 584. The summed E-state index contributed by atoms with van der Waals surface area (Å²) in [5.41, 5.74) is 2.35. The molecule has 20 heavy (non-hydrogen) atoms. The largest absolute Gasteiger partial charge is 0.497 e. The molecule has 0 aliphatic rings. The average molecular weight is 400 g/mol. The predicted octanol–water partition coefficient (Wildman–Crippen LogP) is 5.15. The Morgan fingerprint density at radius 1 is 1.05 bits per heavy atom. The lowest BCUT2D eigenvalue weighted by atomic mass is 10.0. The minimum atomic E-state index is 0.182. The van der Waals surface area contributed by atoms with Gasteiger partial charge in [0.25, 0.3) is 0 Å². The number of halogens is 2. The molecule has 0 amide bonds. The average Bonchev–Trinajstić information content (AvgIpc) is 2.47. The van der Waals surface area contributed by atoms with Crippen LogP contribution in [0.2, 0.25) is 0 Å². The Hall–Kier alpha value is -1.00. The van der Waals surface area contributed by atoms with E-state index in [0.29, 0.717) is 0 Å². The van der Waals surface area contributed by atoms with E-state index in [1.165, 1.54) is 5.56 Å². The Balaban J connectivity index is 2.23.